The Hall–Kier alpha value is -0.310. The van der Waals surface area contributed by atoms with E-state index < -0.39 is 0 Å². The molecule has 9 heavy (non-hydrogen) atoms. The van der Waals surface area contributed by atoms with Crippen molar-refractivity contribution in [3.63, 3.8) is 0 Å². The SMILES string of the molecule is CCNC(=S)OC(C)C. The van der Waals surface area contributed by atoms with Crippen LogP contribution >= 0.6 is 12.2 Å². The number of hydrogen-bond acceptors (Lipinski definition) is 2. The van der Waals surface area contributed by atoms with Gasteiger partial charge in [0.05, 0.1) is 6.10 Å². The molecule has 0 spiro atoms. The molecule has 0 aliphatic carbocycles. The van der Waals surface area contributed by atoms with Crippen molar-refractivity contribution in [1.82, 2.24) is 5.32 Å². The summed E-state index contributed by atoms with van der Waals surface area (Å²) < 4.78 is 5.11. The molecule has 0 saturated carbocycles. The Labute approximate surface area is 61.6 Å². The van der Waals surface area contributed by atoms with Gasteiger partial charge in [0, 0.05) is 6.54 Å². The monoisotopic (exact) mass is 147 g/mol. The molecule has 0 aromatic carbocycles. The Morgan fingerprint density at radius 3 is 2.56 bits per heavy atom. The zero-order valence-corrected chi connectivity index (χ0v) is 6.92. The van der Waals surface area contributed by atoms with Gasteiger partial charge in [0.15, 0.2) is 0 Å². The van der Waals surface area contributed by atoms with E-state index in [9.17, 15) is 0 Å². The summed E-state index contributed by atoms with van der Waals surface area (Å²) >= 11 is 4.80. The summed E-state index contributed by atoms with van der Waals surface area (Å²) in [4.78, 5) is 0. The van der Waals surface area contributed by atoms with Gasteiger partial charge in [0.25, 0.3) is 5.17 Å². The van der Waals surface area contributed by atoms with Gasteiger partial charge in [0.1, 0.15) is 0 Å². The number of ether oxygens (including phenoxy) is 1. The maximum absolute atomic E-state index is 5.11. The smallest absolute Gasteiger partial charge is 0.256 e. The molecule has 0 rings (SSSR count). The summed E-state index contributed by atoms with van der Waals surface area (Å²) in [5, 5.41) is 3.38. The van der Waals surface area contributed by atoms with Crippen LogP contribution in [0.2, 0.25) is 0 Å². The van der Waals surface area contributed by atoms with Crippen molar-refractivity contribution < 1.29 is 4.74 Å². The molecule has 0 atom stereocenters. The van der Waals surface area contributed by atoms with Crippen LogP contribution in [0.4, 0.5) is 0 Å². The third-order valence-electron chi connectivity index (χ3n) is 0.664. The zero-order valence-electron chi connectivity index (χ0n) is 6.10. The molecule has 0 radical (unpaired) electrons. The zero-order chi connectivity index (χ0) is 7.28. The van der Waals surface area contributed by atoms with Gasteiger partial charge < -0.3 is 10.1 Å². The van der Waals surface area contributed by atoms with E-state index in [1.165, 1.54) is 0 Å². The van der Waals surface area contributed by atoms with E-state index >= 15 is 0 Å². The lowest BCUT2D eigenvalue weighted by atomic mass is 10.5. The largest absolute Gasteiger partial charge is 0.468 e. The van der Waals surface area contributed by atoms with Crippen LogP contribution in [0.25, 0.3) is 0 Å². The van der Waals surface area contributed by atoms with Crippen molar-refractivity contribution in [2.45, 2.75) is 26.9 Å². The minimum absolute atomic E-state index is 0.177. The molecule has 0 bridgehead atoms. The van der Waals surface area contributed by atoms with Crippen LogP contribution in [-0.4, -0.2) is 17.8 Å². The second kappa shape index (κ2) is 4.56. The van der Waals surface area contributed by atoms with Crippen LogP contribution in [0.5, 0.6) is 0 Å². The first-order chi connectivity index (χ1) is 4.16. The van der Waals surface area contributed by atoms with Crippen LogP contribution in [0.3, 0.4) is 0 Å². The normalized spacial score (nSPS) is 9.33. The van der Waals surface area contributed by atoms with E-state index in [1.807, 2.05) is 20.8 Å². The van der Waals surface area contributed by atoms with Crippen molar-refractivity contribution in [3.05, 3.63) is 0 Å². The first-order valence-corrected chi connectivity index (χ1v) is 3.52. The van der Waals surface area contributed by atoms with Gasteiger partial charge in [-0.3, -0.25) is 0 Å². The summed E-state index contributed by atoms with van der Waals surface area (Å²) in [7, 11) is 0. The second-order valence-corrected chi connectivity index (χ2v) is 2.36. The van der Waals surface area contributed by atoms with E-state index in [4.69, 9.17) is 17.0 Å². The fourth-order valence-electron chi connectivity index (χ4n) is 0.400. The first kappa shape index (κ1) is 8.69. The Kier molecular flexibility index (Phi) is 4.40. The quantitative estimate of drug-likeness (QED) is 0.595. The van der Waals surface area contributed by atoms with Crippen molar-refractivity contribution >= 4 is 17.4 Å². The van der Waals surface area contributed by atoms with Gasteiger partial charge in [-0.05, 0) is 33.0 Å². The molecule has 54 valence electrons. The highest BCUT2D eigenvalue weighted by atomic mass is 32.1. The summed E-state index contributed by atoms with van der Waals surface area (Å²) in [6, 6.07) is 0. The summed E-state index contributed by atoms with van der Waals surface area (Å²) in [5.74, 6) is 0. The molecule has 0 aliphatic rings. The predicted octanol–water partition coefficient (Wildman–Crippen LogP) is 1.31. The molecule has 0 unspecified atom stereocenters. The molecule has 3 heteroatoms. The standard InChI is InChI=1S/C6H13NOS/c1-4-7-6(9)8-5(2)3/h5H,4H2,1-3H3,(H,7,9). The molecular weight excluding hydrogens is 134 g/mol. The van der Waals surface area contributed by atoms with Crippen LogP contribution in [0, 0.1) is 0 Å². The Morgan fingerprint density at radius 2 is 2.22 bits per heavy atom. The van der Waals surface area contributed by atoms with Gasteiger partial charge in [-0.15, -0.1) is 0 Å². The van der Waals surface area contributed by atoms with E-state index in [0.717, 1.165) is 6.54 Å². The third kappa shape index (κ3) is 5.56. The third-order valence-corrected chi connectivity index (χ3v) is 0.904. The van der Waals surface area contributed by atoms with Crippen molar-refractivity contribution in [3.8, 4) is 0 Å². The van der Waals surface area contributed by atoms with E-state index in [-0.39, 0.29) is 6.10 Å². The highest BCUT2D eigenvalue weighted by molar-refractivity contribution is 7.80. The molecule has 2 nitrogen and oxygen atoms in total. The fraction of sp³-hybridized carbons (Fsp3) is 0.833. The average Bonchev–Trinajstić information content (AvgIpc) is 1.63. The number of thiocarbonyl (C=S) groups is 1. The summed E-state index contributed by atoms with van der Waals surface area (Å²) in [6.45, 7) is 6.70. The lowest BCUT2D eigenvalue weighted by Gasteiger charge is -2.10. The molecule has 0 aromatic heterocycles. The minimum atomic E-state index is 0.177. The molecule has 0 aliphatic heterocycles. The van der Waals surface area contributed by atoms with Crippen LogP contribution in [0.1, 0.15) is 20.8 Å². The molecule has 1 N–H and O–H groups in total. The highest BCUT2D eigenvalue weighted by Crippen LogP contribution is 1.87. The maximum atomic E-state index is 5.11. The molecule has 0 heterocycles. The Bertz CT molecular complexity index is 93.1. The topological polar surface area (TPSA) is 21.3 Å². The van der Waals surface area contributed by atoms with Gasteiger partial charge in [-0.2, -0.15) is 0 Å². The molecule has 0 amide bonds. The lowest BCUT2D eigenvalue weighted by molar-refractivity contribution is 0.225. The number of hydrogen-bond donors (Lipinski definition) is 1. The number of nitrogens with one attached hydrogen (secondary N) is 1. The summed E-state index contributed by atoms with van der Waals surface area (Å²) in [6.07, 6.45) is 0.177. The lowest BCUT2D eigenvalue weighted by Crippen LogP contribution is -2.25. The summed E-state index contributed by atoms with van der Waals surface area (Å²) in [5.41, 5.74) is 0. The van der Waals surface area contributed by atoms with E-state index in [2.05, 4.69) is 5.32 Å². The fourth-order valence-corrected chi connectivity index (χ4v) is 0.737. The molecule has 0 fully saturated rings. The minimum Gasteiger partial charge on any atom is -0.468 e. The van der Waals surface area contributed by atoms with Crippen molar-refractivity contribution in [2.24, 2.45) is 0 Å². The average molecular weight is 147 g/mol. The van der Waals surface area contributed by atoms with Gasteiger partial charge in [-0.25, -0.2) is 0 Å². The number of rotatable bonds is 2. The first-order valence-electron chi connectivity index (χ1n) is 3.11. The second-order valence-electron chi connectivity index (χ2n) is 1.98. The maximum Gasteiger partial charge on any atom is 0.256 e. The van der Waals surface area contributed by atoms with Crippen LogP contribution < -0.4 is 5.32 Å². The molecule has 0 saturated heterocycles. The van der Waals surface area contributed by atoms with E-state index in [0.29, 0.717) is 5.17 Å². The van der Waals surface area contributed by atoms with Crippen molar-refractivity contribution in [1.29, 1.82) is 0 Å². The van der Waals surface area contributed by atoms with Crippen LogP contribution in [0.15, 0.2) is 0 Å². The van der Waals surface area contributed by atoms with Gasteiger partial charge >= 0.3 is 0 Å². The van der Waals surface area contributed by atoms with Crippen molar-refractivity contribution in [2.75, 3.05) is 6.54 Å². The highest BCUT2D eigenvalue weighted by Gasteiger charge is 1.95. The Balaban J connectivity index is 3.27. The molecular formula is C6H13NOS. The molecule has 0 aromatic rings. The Morgan fingerprint density at radius 1 is 1.67 bits per heavy atom. The van der Waals surface area contributed by atoms with Gasteiger partial charge in [0.2, 0.25) is 0 Å². The van der Waals surface area contributed by atoms with E-state index in [1.54, 1.807) is 0 Å². The van der Waals surface area contributed by atoms with Gasteiger partial charge in [-0.1, -0.05) is 0 Å². The predicted molar refractivity (Wildman–Crippen MR) is 42.5 cm³/mol. The van der Waals surface area contributed by atoms with Crippen LogP contribution in [-0.2, 0) is 4.74 Å².